The van der Waals surface area contributed by atoms with Gasteiger partial charge in [0.25, 0.3) is 5.91 Å². The Balaban J connectivity index is 1.32. The summed E-state index contributed by atoms with van der Waals surface area (Å²) >= 11 is 0. The molecule has 0 aliphatic heterocycles. The molecule has 11 nitrogen and oxygen atoms in total. The van der Waals surface area contributed by atoms with Gasteiger partial charge in [0.15, 0.2) is 0 Å². The van der Waals surface area contributed by atoms with Crippen molar-refractivity contribution >= 4 is 17.5 Å². The number of hydrogen-bond donors (Lipinski definition) is 3. The third-order valence-electron chi connectivity index (χ3n) is 7.26. The largest absolute Gasteiger partial charge is 0.573 e. The fraction of sp³-hybridized carbons (Fsp3) is 0.419. The van der Waals surface area contributed by atoms with Crippen LogP contribution in [0.1, 0.15) is 42.5 Å². The van der Waals surface area contributed by atoms with Crippen LogP contribution in [0, 0.1) is 11.8 Å². The number of amides is 2. The Morgan fingerprint density at radius 3 is 2.22 bits per heavy atom. The number of ether oxygens (including phenoxy) is 4. The molecule has 2 aromatic carbocycles. The third-order valence-corrected chi connectivity index (χ3v) is 7.26. The average Bonchev–Trinajstić information content (AvgIpc) is 3.03. The number of rotatable bonds is 14. The second-order valence-corrected chi connectivity index (χ2v) is 10.4. The second kappa shape index (κ2) is 15.8. The van der Waals surface area contributed by atoms with Crippen LogP contribution >= 0.6 is 0 Å². The molecule has 14 heteroatoms. The lowest BCUT2D eigenvalue weighted by atomic mass is 9.79. The molecular weight excluding hydrogens is 595 g/mol. The maximum absolute atomic E-state index is 13.3. The predicted octanol–water partition coefficient (Wildman–Crippen LogP) is 5.34. The molecule has 0 bridgehead atoms. The number of anilines is 1. The van der Waals surface area contributed by atoms with Crippen molar-refractivity contribution in [3.8, 4) is 29.3 Å². The first-order valence-electron chi connectivity index (χ1n) is 14.5. The van der Waals surface area contributed by atoms with E-state index in [1.165, 1.54) is 44.6 Å². The number of carbonyl (C=O) groups is 2. The van der Waals surface area contributed by atoms with Crippen molar-refractivity contribution in [2.24, 2.45) is 11.8 Å². The minimum Gasteiger partial charge on any atom is -0.481 e. The molecule has 2 amide bonds. The molecule has 1 aliphatic rings. The van der Waals surface area contributed by atoms with Crippen molar-refractivity contribution in [2.75, 3.05) is 39.2 Å². The summed E-state index contributed by atoms with van der Waals surface area (Å²) in [6.07, 6.45) is 0.193. The second-order valence-electron chi connectivity index (χ2n) is 10.4. The van der Waals surface area contributed by atoms with Gasteiger partial charge in [-0.2, -0.15) is 9.97 Å². The van der Waals surface area contributed by atoms with Crippen LogP contribution in [0.2, 0.25) is 0 Å². The van der Waals surface area contributed by atoms with Crippen LogP contribution in [0.15, 0.2) is 54.6 Å². The first kappa shape index (κ1) is 33.1. The molecule has 1 atom stereocenters. The summed E-state index contributed by atoms with van der Waals surface area (Å²) in [6, 6.07) is 13.3. The number of nitrogens with zero attached hydrogens (tertiary/aromatic N) is 2. The standard InChI is InChI=1S/C31H36F3N5O6/c1-42-26-18-27(43-2)39-30(38-26)44-24-10-6-9-21(17-24)28(40)37-19-25(20-7-4-3-5-8-20)29(41)36-16-15-35-22-11-13-23(14-12-22)45-31(32,33)34/h6,9-14,17-18,20,25,35H,3-5,7-8,15-16,19H2,1-2H3,(H,36,41)(H,37,40). The van der Waals surface area contributed by atoms with E-state index in [9.17, 15) is 22.8 Å². The SMILES string of the molecule is COc1cc(OC)nc(Oc2cccc(C(=O)NCC(C(=O)NCCNc3ccc(OC(F)(F)F)cc3)C3CCCCC3)c2)n1. The van der Waals surface area contributed by atoms with E-state index < -0.39 is 12.3 Å². The van der Waals surface area contributed by atoms with Gasteiger partial charge >= 0.3 is 12.4 Å². The van der Waals surface area contributed by atoms with Crippen LogP contribution in [0.3, 0.4) is 0 Å². The molecule has 0 radical (unpaired) electrons. The maximum Gasteiger partial charge on any atom is 0.573 e. The maximum atomic E-state index is 13.3. The van der Waals surface area contributed by atoms with Gasteiger partial charge in [0.2, 0.25) is 17.7 Å². The summed E-state index contributed by atoms with van der Waals surface area (Å²) in [5, 5.41) is 8.90. The van der Waals surface area contributed by atoms with Crippen molar-refractivity contribution < 1.29 is 41.7 Å². The van der Waals surface area contributed by atoms with E-state index >= 15 is 0 Å². The highest BCUT2D eigenvalue weighted by molar-refractivity contribution is 5.95. The highest BCUT2D eigenvalue weighted by Gasteiger charge is 2.31. The minimum absolute atomic E-state index is 0.0141. The normalized spacial score (nSPS) is 14.2. The topological polar surface area (TPSA) is 133 Å². The van der Waals surface area contributed by atoms with E-state index in [0.29, 0.717) is 23.5 Å². The average molecular weight is 632 g/mol. The quantitative estimate of drug-likeness (QED) is 0.202. The molecule has 4 rings (SSSR count). The number of nitrogens with one attached hydrogen (secondary N) is 3. The van der Waals surface area contributed by atoms with E-state index in [2.05, 4.69) is 30.7 Å². The zero-order chi connectivity index (χ0) is 32.2. The Kier molecular flexibility index (Phi) is 11.7. The Bertz CT molecular complexity index is 1400. The lowest BCUT2D eigenvalue weighted by Crippen LogP contribution is -2.44. The van der Waals surface area contributed by atoms with E-state index in [0.717, 1.165) is 32.1 Å². The summed E-state index contributed by atoms with van der Waals surface area (Å²) in [5.74, 6) is -0.312. The van der Waals surface area contributed by atoms with Gasteiger partial charge in [-0.3, -0.25) is 9.59 Å². The van der Waals surface area contributed by atoms with Crippen molar-refractivity contribution in [1.82, 2.24) is 20.6 Å². The van der Waals surface area contributed by atoms with E-state index in [-0.39, 0.29) is 54.3 Å². The molecule has 0 saturated heterocycles. The number of hydrogen-bond acceptors (Lipinski definition) is 9. The van der Waals surface area contributed by atoms with E-state index in [4.69, 9.17) is 14.2 Å². The smallest absolute Gasteiger partial charge is 0.481 e. The van der Waals surface area contributed by atoms with Crippen LogP contribution in [0.25, 0.3) is 0 Å². The molecular formula is C31H36F3N5O6. The Labute approximate surface area is 258 Å². The highest BCUT2D eigenvalue weighted by atomic mass is 19.4. The molecule has 0 spiro atoms. The van der Waals surface area contributed by atoms with Gasteiger partial charge in [0, 0.05) is 30.9 Å². The van der Waals surface area contributed by atoms with Gasteiger partial charge < -0.3 is 34.9 Å². The van der Waals surface area contributed by atoms with Gasteiger partial charge in [0.1, 0.15) is 11.5 Å². The van der Waals surface area contributed by atoms with Gasteiger partial charge in [-0.1, -0.05) is 25.3 Å². The molecule has 3 N–H and O–H groups in total. The lowest BCUT2D eigenvalue weighted by molar-refractivity contribution is -0.274. The molecule has 1 heterocycles. The summed E-state index contributed by atoms with van der Waals surface area (Å²) in [4.78, 5) is 34.7. The number of aromatic nitrogens is 2. The number of methoxy groups -OCH3 is 2. The molecule has 1 saturated carbocycles. The molecule has 242 valence electrons. The van der Waals surface area contributed by atoms with Crippen molar-refractivity contribution in [2.45, 2.75) is 38.5 Å². The van der Waals surface area contributed by atoms with Crippen LogP contribution in [0.4, 0.5) is 18.9 Å². The van der Waals surface area contributed by atoms with E-state index in [1.807, 2.05) is 0 Å². The van der Waals surface area contributed by atoms with Crippen LogP contribution in [-0.4, -0.2) is 62.0 Å². The summed E-state index contributed by atoms with van der Waals surface area (Å²) in [7, 11) is 2.91. The summed E-state index contributed by atoms with van der Waals surface area (Å²) in [5.41, 5.74) is 0.916. The van der Waals surface area contributed by atoms with Gasteiger partial charge in [-0.05, 0) is 61.2 Å². The van der Waals surface area contributed by atoms with Crippen LogP contribution < -0.4 is 34.9 Å². The molecule has 1 unspecified atom stereocenters. The molecule has 3 aromatic rings. The van der Waals surface area contributed by atoms with Gasteiger partial charge in [0.05, 0.1) is 26.2 Å². The number of carbonyl (C=O) groups excluding carboxylic acids is 2. The molecule has 45 heavy (non-hydrogen) atoms. The van der Waals surface area contributed by atoms with Crippen LogP contribution in [0.5, 0.6) is 29.3 Å². The molecule has 1 fully saturated rings. The fourth-order valence-corrected chi connectivity index (χ4v) is 5.06. The summed E-state index contributed by atoms with van der Waals surface area (Å²) < 4.78 is 57.0. The number of alkyl halides is 3. The van der Waals surface area contributed by atoms with Gasteiger partial charge in [-0.15, -0.1) is 13.2 Å². The zero-order valence-corrected chi connectivity index (χ0v) is 25.0. The summed E-state index contributed by atoms with van der Waals surface area (Å²) in [6.45, 7) is 0.794. The lowest BCUT2D eigenvalue weighted by Gasteiger charge is -2.29. The Morgan fingerprint density at radius 1 is 0.889 bits per heavy atom. The Morgan fingerprint density at radius 2 is 1.58 bits per heavy atom. The zero-order valence-electron chi connectivity index (χ0n) is 25.0. The first-order chi connectivity index (χ1) is 21.6. The monoisotopic (exact) mass is 631 g/mol. The third kappa shape index (κ3) is 10.4. The molecule has 1 aliphatic carbocycles. The van der Waals surface area contributed by atoms with Crippen molar-refractivity contribution in [3.63, 3.8) is 0 Å². The molecule has 1 aromatic heterocycles. The number of benzene rings is 2. The van der Waals surface area contributed by atoms with Gasteiger partial charge in [-0.25, -0.2) is 0 Å². The fourth-order valence-electron chi connectivity index (χ4n) is 5.06. The van der Waals surface area contributed by atoms with Crippen molar-refractivity contribution in [3.05, 3.63) is 60.2 Å². The predicted molar refractivity (Wildman–Crippen MR) is 159 cm³/mol. The Hall–Kier alpha value is -4.75. The first-order valence-corrected chi connectivity index (χ1v) is 14.5. The minimum atomic E-state index is -4.76. The number of halogens is 3. The van der Waals surface area contributed by atoms with E-state index in [1.54, 1.807) is 24.3 Å². The van der Waals surface area contributed by atoms with Crippen LogP contribution in [-0.2, 0) is 4.79 Å². The highest BCUT2D eigenvalue weighted by Crippen LogP contribution is 2.30. The van der Waals surface area contributed by atoms with Crippen molar-refractivity contribution in [1.29, 1.82) is 0 Å².